The number of aryl methyl sites for hydroxylation is 1. The zero-order valence-corrected chi connectivity index (χ0v) is 16.1. The Morgan fingerprint density at radius 1 is 1.15 bits per heavy atom. The summed E-state index contributed by atoms with van der Waals surface area (Å²) in [5.74, 6) is 0.432. The van der Waals surface area contributed by atoms with Gasteiger partial charge in [-0.3, -0.25) is 4.79 Å². The Balaban J connectivity index is 1.53. The standard InChI is InChI=1S/C20H22N4O2S/c1-13-7-6-10-17(14(13)2)22-18(25)12-27-20-24-23-19(26-20)16(21)11-15-8-4-3-5-9-15/h3-10,16H,11-12,21H2,1-2H3,(H,22,25)/t16-/m0/s1. The van der Waals surface area contributed by atoms with Gasteiger partial charge in [0.15, 0.2) is 0 Å². The zero-order chi connectivity index (χ0) is 19.2. The smallest absolute Gasteiger partial charge is 0.277 e. The van der Waals surface area contributed by atoms with Gasteiger partial charge >= 0.3 is 0 Å². The molecule has 3 rings (SSSR count). The summed E-state index contributed by atoms with van der Waals surface area (Å²) < 4.78 is 5.60. The summed E-state index contributed by atoms with van der Waals surface area (Å²) in [5.41, 5.74) is 10.3. The minimum atomic E-state index is -0.377. The molecule has 1 heterocycles. The predicted molar refractivity (Wildman–Crippen MR) is 107 cm³/mol. The number of thioether (sulfide) groups is 1. The molecule has 0 fully saturated rings. The first kappa shape index (κ1) is 19.1. The largest absolute Gasteiger partial charge is 0.414 e. The molecule has 1 atom stereocenters. The summed E-state index contributed by atoms with van der Waals surface area (Å²) in [7, 11) is 0. The molecule has 1 aromatic heterocycles. The first-order valence-corrected chi connectivity index (χ1v) is 9.63. The van der Waals surface area contributed by atoms with Crippen molar-refractivity contribution in [3.05, 3.63) is 71.1 Å². The van der Waals surface area contributed by atoms with Crippen molar-refractivity contribution in [3.8, 4) is 0 Å². The maximum atomic E-state index is 12.2. The van der Waals surface area contributed by atoms with Crippen LogP contribution >= 0.6 is 11.8 Å². The molecule has 0 radical (unpaired) electrons. The van der Waals surface area contributed by atoms with Crippen LogP contribution < -0.4 is 11.1 Å². The van der Waals surface area contributed by atoms with Crippen molar-refractivity contribution in [2.24, 2.45) is 5.73 Å². The van der Waals surface area contributed by atoms with E-state index in [0.29, 0.717) is 17.5 Å². The Morgan fingerprint density at radius 3 is 2.70 bits per heavy atom. The number of rotatable bonds is 7. The van der Waals surface area contributed by atoms with Gasteiger partial charge in [0.2, 0.25) is 11.8 Å². The van der Waals surface area contributed by atoms with Crippen molar-refractivity contribution in [3.63, 3.8) is 0 Å². The number of aromatic nitrogens is 2. The molecule has 2 aromatic carbocycles. The van der Waals surface area contributed by atoms with Gasteiger partial charge in [-0.05, 0) is 43.0 Å². The first-order valence-electron chi connectivity index (χ1n) is 8.64. The summed E-state index contributed by atoms with van der Waals surface area (Å²) >= 11 is 1.19. The Hall–Kier alpha value is -2.64. The number of nitrogens with one attached hydrogen (secondary N) is 1. The summed E-state index contributed by atoms with van der Waals surface area (Å²) in [5, 5.41) is 11.2. The highest BCUT2D eigenvalue weighted by Crippen LogP contribution is 2.22. The number of nitrogens with two attached hydrogens (primary N) is 1. The number of nitrogens with zero attached hydrogens (tertiary/aromatic N) is 2. The van der Waals surface area contributed by atoms with Crippen molar-refractivity contribution < 1.29 is 9.21 Å². The van der Waals surface area contributed by atoms with Gasteiger partial charge in [-0.25, -0.2) is 0 Å². The molecule has 7 heteroatoms. The average Bonchev–Trinajstić information content (AvgIpc) is 3.14. The van der Waals surface area contributed by atoms with Gasteiger partial charge in [0.05, 0.1) is 11.8 Å². The van der Waals surface area contributed by atoms with E-state index in [4.69, 9.17) is 10.2 Å². The van der Waals surface area contributed by atoms with Gasteiger partial charge in [0, 0.05) is 5.69 Å². The van der Waals surface area contributed by atoms with Gasteiger partial charge in [-0.2, -0.15) is 0 Å². The molecule has 0 saturated heterocycles. The van der Waals surface area contributed by atoms with E-state index in [0.717, 1.165) is 22.4 Å². The average molecular weight is 382 g/mol. The number of carbonyl (C=O) groups excluding carboxylic acids is 1. The fraction of sp³-hybridized carbons (Fsp3) is 0.250. The van der Waals surface area contributed by atoms with Crippen molar-refractivity contribution >= 4 is 23.4 Å². The molecule has 3 N–H and O–H groups in total. The molecule has 6 nitrogen and oxygen atoms in total. The van der Waals surface area contributed by atoms with Crippen molar-refractivity contribution in [1.82, 2.24) is 10.2 Å². The molecule has 0 spiro atoms. The number of benzene rings is 2. The van der Waals surface area contributed by atoms with Crippen molar-refractivity contribution in [1.29, 1.82) is 0 Å². The second-order valence-corrected chi connectivity index (χ2v) is 7.21. The van der Waals surface area contributed by atoms with Crippen LogP contribution in [-0.2, 0) is 11.2 Å². The lowest BCUT2D eigenvalue weighted by atomic mass is 10.1. The zero-order valence-electron chi connectivity index (χ0n) is 15.3. The minimum Gasteiger partial charge on any atom is -0.414 e. The molecular formula is C20H22N4O2S. The van der Waals surface area contributed by atoms with E-state index >= 15 is 0 Å². The van der Waals surface area contributed by atoms with E-state index in [1.165, 1.54) is 11.8 Å². The third-order valence-corrected chi connectivity index (χ3v) is 5.06. The van der Waals surface area contributed by atoms with Crippen LogP contribution in [0.25, 0.3) is 0 Å². The maximum Gasteiger partial charge on any atom is 0.277 e. The number of hydrogen-bond acceptors (Lipinski definition) is 6. The van der Waals surface area contributed by atoms with Gasteiger partial charge in [0.25, 0.3) is 5.22 Å². The fourth-order valence-corrected chi connectivity index (χ4v) is 3.15. The molecule has 0 unspecified atom stereocenters. The van der Waals surface area contributed by atoms with Gasteiger partial charge in [-0.1, -0.05) is 54.2 Å². The second-order valence-electron chi connectivity index (χ2n) is 6.29. The molecule has 0 aliphatic carbocycles. The SMILES string of the molecule is Cc1cccc(NC(=O)CSc2nnc([C@@H](N)Cc3ccccc3)o2)c1C. The lowest BCUT2D eigenvalue weighted by Crippen LogP contribution is -2.15. The summed E-state index contributed by atoms with van der Waals surface area (Å²) in [6.07, 6.45) is 0.611. The van der Waals surface area contributed by atoms with Gasteiger partial charge < -0.3 is 15.5 Å². The molecule has 0 saturated carbocycles. The first-order chi connectivity index (χ1) is 13.0. The van der Waals surface area contributed by atoms with Crippen LogP contribution in [0.1, 0.15) is 28.6 Å². The number of amides is 1. The monoisotopic (exact) mass is 382 g/mol. The minimum absolute atomic E-state index is 0.123. The fourth-order valence-electron chi connectivity index (χ4n) is 2.58. The quantitative estimate of drug-likeness (QED) is 0.606. The van der Waals surface area contributed by atoms with Crippen LogP contribution in [0.3, 0.4) is 0 Å². The molecule has 0 bridgehead atoms. The highest BCUT2D eigenvalue weighted by molar-refractivity contribution is 7.99. The van der Waals surface area contributed by atoms with Crippen LogP contribution in [0.2, 0.25) is 0 Å². The highest BCUT2D eigenvalue weighted by atomic mass is 32.2. The summed E-state index contributed by atoms with van der Waals surface area (Å²) in [6, 6.07) is 15.3. The Morgan fingerprint density at radius 2 is 1.93 bits per heavy atom. The van der Waals surface area contributed by atoms with Crippen molar-refractivity contribution in [2.75, 3.05) is 11.1 Å². The van der Waals surface area contributed by atoms with E-state index < -0.39 is 0 Å². The molecular weight excluding hydrogens is 360 g/mol. The number of hydrogen-bond donors (Lipinski definition) is 2. The van der Waals surface area contributed by atoms with E-state index in [-0.39, 0.29) is 17.7 Å². The number of anilines is 1. The third-order valence-electron chi connectivity index (χ3n) is 4.24. The van der Waals surface area contributed by atoms with E-state index in [1.54, 1.807) is 0 Å². The van der Waals surface area contributed by atoms with Crippen LogP contribution in [0.15, 0.2) is 58.2 Å². The predicted octanol–water partition coefficient (Wildman–Crippen LogP) is 3.66. The van der Waals surface area contributed by atoms with Gasteiger partial charge in [0.1, 0.15) is 0 Å². The van der Waals surface area contributed by atoms with E-state index in [1.807, 2.05) is 62.4 Å². The lowest BCUT2D eigenvalue weighted by molar-refractivity contribution is -0.113. The Bertz CT molecular complexity index is 911. The molecule has 27 heavy (non-hydrogen) atoms. The second kappa shape index (κ2) is 8.83. The summed E-state index contributed by atoms with van der Waals surface area (Å²) in [4.78, 5) is 12.2. The molecule has 140 valence electrons. The normalized spacial score (nSPS) is 12.0. The Kier molecular flexibility index (Phi) is 6.26. The van der Waals surface area contributed by atoms with Gasteiger partial charge in [-0.15, -0.1) is 10.2 Å². The van der Waals surface area contributed by atoms with E-state index in [2.05, 4.69) is 15.5 Å². The van der Waals surface area contributed by atoms with Crippen molar-refractivity contribution in [2.45, 2.75) is 31.5 Å². The third kappa shape index (κ3) is 5.18. The topological polar surface area (TPSA) is 94.0 Å². The maximum absolute atomic E-state index is 12.2. The van der Waals surface area contributed by atoms with Crippen LogP contribution in [0.5, 0.6) is 0 Å². The van der Waals surface area contributed by atoms with Crippen LogP contribution in [0.4, 0.5) is 5.69 Å². The number of carbonyl (C=O) groups is 1. The van der Waals surface area contributed by atoms with Crippen LogP contribution in [-0.4, -0.2) is 21.9 Å². The highest BCUT2D eigenvalue weighted by Gasteiger charge is 2.16. The summed E-state index contributed by atoms with van der Waals surface area (Å²) in [6.45, 7) is 3.99. The van der Waals surface area contributed by atoms with E-state index in [9.17, 15) is 4.79 Å². The molecule has 0 aliphatic rings. The molecule has 1 amide bonds. The molecule has 0 aliphatic heterocycles. The van der Waals surface area contributed by atoms with Crippen LogP contribution in [0, 0.1) is 13.8 Å². The lowest BCUT2D eigenvalue weighted by Gasteiger charge is -2.09. The molecule has 3 aromatic rings. The Labute approximate surface area is 162 Å².